The monoisotopic (exact) mass is 194 g/mol. The van der Waals surface area contributed by atoms with Crippen molar-refractivity contribution in [3.8, 4) is 0 Å². The van der Waals surface area contributed by atoms with E-state index in [1.165, 1.54) is 24.8 Å². The van der Waals surface area contributed by atoms with E-state index in [0.29, 0.717) is 11.7 Å². The lowest BCUT2D eigenvalue weighted by Gasteiger charge is -1.97. The fourth-order valence-electron chi connectivity index (χ4n) is 2.08. The summed E-state index contributed by atoms with van der Waals surface area (Å²) < 4.78 is 0. The van der Waals surface area contributed by atoms with Crippen molar-refractivity contribution in [3.63, 3.8) is 0 Å². The first-order valence-corrected chi connectivity index (χ1v) is 5.81. The lowest BCUT2D eigenvalue weighted by Crippen LogP contribution is -1.98. The fraction of sp³-hybridized carbons (Fsp3) is 0.769. The Balaban J connectivity index is 0.000000140. The molecule has 80 valence electrons. The first-order valence-electron chi connectivity index (χ1n) is 5.81. The maximum absolute atomic E-state index is 10.6. The van der Waals surface area contributed by atoms with Gasteiger partial charge in [0.25, 0.3) is 0 Å². The molecule has 1 heteroatoms. The van der Waals surface area contributed by atoms with E-state index in [2.05, 4.69) is 13.5 Å². The first kappa shape index (κ1) is 11.5. The minimum absolute atomic E-state index is 0.375. The number of carbonyl (C=O) groups is 1. The Labute approximate surface area is 87.6 Å². The molecule has 2 unspecified atom stereocenters. The molecule has 2 saturated carbocycles. The molecule has 2 fully saturated rings. The van der Waals surface area contributed by atoms with Gasteiger partial charge in [-0.25, -0.2) is 0 Å². The van der Waals surface area contributed by atoms with Gasteiger partial charge >= 0.3 is 0 Å². The van der Waals surface area contributed by atoms with Crippen LogP contribution in [-0.4, -0.2) is 5.78 Å². The minimum atomic E-state index is 0.375. The fourth-order valence-corrected chi connectivity index (χ4v) is 2.08. The third-order valence-corrected chi connectivity index (χ3v) is 3.44. The maximum Gasteiger partial charge on any atom is 0.135 e. The van der Waals surface area contributed by atoms with Gasteiger partial charge in [0.15, 0.2) is 0 Å². The van der Waals surface area contributed by atoms with E-state index in [9.17, 15) is 4.79 Å². The van der Waals surface area contributed by atoms with Crippen LogP contribution in [0.4, 0.5) is 0 Å². The van der Waals surface area contributed by atoms with Crippen molar-refractivity contribution in [2.24, 2.45) is 11.8 Å². The van der Waals surface area contributed by atoms with Crippen molar-refractivity contribution in [1.29, 1.82) is 0 Å². The van der Waals surface area contributed by atoms with Crippen LogP contribution in [0.2, 0.25) is 0 Å². The number of carbonyl (C=O) groups excluding carboxylic acids is 1. The molecular weight excluding hydrogens is 172 g/mol. The number of Topliss-reactive ketones (excluding diaryl/α,β-unsaturated/α-hetero) is 1. The van der Waals surface area contributed by atoms with Crippen LogP contribution in [0.3, 0.4) is 0 Å². The number of rotatable bonds is 0. The predicted octanol–water partition coefficient (Wildman–Crippen LogP) is 3.74. The zero-order valence-corrected chi connectivity index (χ0v) is 9.51. The van der Waals surface area contributed by atoms with Gasteiger partial charge in [-0.2, -0.15) is 0 Å². The molecule has 0 saturated heterocycles. The largest absolute Gasteiger partial charge is 0.299 e. The van der Waals surface area contributed by atoms with Crippen LogP contribution in [0, 0.1) is 11.8 Å². The number of allylic oxidation sites excluding steroid dienone is 1. The summed E-state index contributed by atoms with van der Waals surface area (Å²) in [5.41, 5.74) is 1.46. The molecule has 2 aliphatic rings. The van der Waals surface area contributed by atoms with E-state index in [1.54, 1.807) is 0 Å². The van der Waals surface area contributed by atoms with Crippen LogP contribution in [0.1, 0.15) is 52.4 Å². The van der Waals surface area contributed by atoms with Crippen LogP contribution < -0.4 is 0 Å². The Morgan fingerprint density at radius 2 is 1.64 bits per heavy atom. The highest BCUT2D eigenvalue weighted by Crippen LogP contribution is 2.28. The molecule has 2 aliphatic carbocycles. The van der Waals surface area contributed by atoms with Gasteiger partial charge in [0, 0.05) is 12.3 Å². The summed E-state index contributed by atoms with van der Waals surface area (Å²) in [5, 5.41) is 0. The molecule has 0 N–H and O–H groups in total. The summed E-state index contributed by atoms with van der Waals surface area (Å²) in [5.74, 6) is 1.65. The van der Waals surface area contributed by atoms with Crippen LogP contribution in [0.15, 0.2) is 12.2 Å². The van der Waals surface area contributed by atoms with Crippen LogP contribution in [0.5, 0.6) is 0 Å². The zero-order chi connectivity index (χ0) is 10.6. The highest BCUT2D eigenvalue weighted by molar-refractivity contribution is 5.82. The molecule has 0 amide bonds. The highest BCUT2D eigenvalue weighted by Gasteiger charge is 2.18. The van der Waals surface area contributed by atoms with Crippen LogP contribution in [0.25, 0.3) is 0 Å². The average molecular weight is 194 g/mol. The summed E-state index contributed by atoms with van der Waals surface area (Å²) >= 11 is 0. The molecule has 0 heterocycles. The Hall–Kier alpha value is -0.590. The summed E-state index contributed by atoms with van der Waals surface area (Å²) in [6.45, 7) is 8.20. The van der Waals surface area contributed by atoms with Crippen molar-refractivity contribution in [2.75, 3.05) is 0 Å². The number of ketones is 1. The zero-order valence-electron chi connectivity index (χ0n) is 9.51. The molecule has 0 aromatic carbocycles. The lowest BCUT2D eigenvalue weighted by molar-refractivity contribution is -0.120. The minimum Gasteiger partial charge on any atom is -0.299 e. The molecule has 0 aromatic rings. The molecule has 0 bridgehead atoms. The second-order valence-electron chi connectivity index (χ2n) is 4.71. The smallest absolute Gasteiger partial charge is 0.135 e. The van der Waals surface area contributed by atoms with Crippen molar-refractivity contribution >= 4 is 5.78 Å². The maximum atomic E-state index is 10.6. The average Bonchev–Trinajstić information content (AvgIpc) is 2.67. The van der Waals surface area contributed by atoms with Crippen LogP contribution >= 0.6 is 0 Å². The molecular formula is C13H22O. The first-order chi connectivity index (χ1) is 6.61. The topological polar surface area (TPSA) is 17.1 Å². The SMILES string of the molecule is C=C1CCCC1C.CC1CCCC1=O. The molecule has 14 heavy (non-hydrogen) atoms. The van der Waals surface area contributed by atoms with Gasteiger partial charge in [0.1, 0.15) is 5.78 Å². The van der Waals surface area contributed by atoms with Gasteiger partial charge < -0.3 is 0 Å². The standard InChI is InChI=1S/C7H12.C6H10O/c1-6-4-3-5-7(6)2;1-5-3-2-4-6(5)7/h7H,1,3-5H2,2H3;5H,2-4H2,1H3. The molecule has 2 atom stereocenters. The van der Waals surface area contributed by atoms with Crippen molar-refractivity contribution in [2.45, 2.75) is 52.4 Å². The Morgan fingerprint density at radius 1 is 1.07 bits per heavy atom. The van der Waals surface area contributed by atoms with Gasteiger partial charge in [-0.15, -0.1) is 0 Å². The van der Waals surface area contributed by atoms with E-state index < -0.39 is 0 Å². The van der Waals surface area contributed by atoms with Gasteiger partial charge in [-0.05, 0) is 38.0 Å². The van der Waals surface area contributed by atoms with Gasteiger partial charge in [0.05, 0.1) is 0 Å². The van der Waals surface area contributed by atoms with E-state index in [4.69, 9.17) is 0 Å². The van der Waals surface area contributed by atoms with Gasteiger partial charge in [0.2, 0.25) is 0 Å². The van der Waals surface area contributed by atoms with Crippen molar-refractivity contribution in [3.05, 3.63) is 12.2 Å². The molecule has 0 aliphatic heterocycles. The molecule has 2 rings (SSSR count). The summed E-state index contributed by atoms with van der Waals surface area (Å²) in [6.07, 6.45) is 7.11. The lowest BCUT2D eigenvalue weighted by atomic mass is 10.1. The number of hydrogen-bond acceptors (Lipinski definition) is 1. The Morgan fingerprint density at radius 3 is 1.79 bits per heavy atom. The van der Waals surface area contributed by atoms with E-state index >= 15 is 0 Å². The highest BCUT2D eigenvalue weighted by atomic mass is 16.1. The molecule has 1 nitrogen and oxygen atoms in total. The Kier molecular flexibility index (Phi) is 4.37. The normalized spacial score (nSPS) is 31.6. The molecule has 0 aromatic heterocycles. The van der Waals surface area contributed by atoms with E-state index in [1.807, 2.05) is 6.92 Å². The van der Waals surface area contributed by atoms with Crippen LogP contribution in [-0.2, 0) is 4.79 Å². The third-order valence-electron chi connectivity index (χ3n) is 3.44. The summed E-state index contributed by atoms with van der Waals surface area (Å²) in [4.78, 5) is 10.6. The van der Waals surface area contributed by atoms with Crippen molar-refractivity contribution < 1.29 is 4.79 Å². The van der Waals surface area contributed by atoms with E-state index in [0.717, 1.165) is 25.2 Å². The second kappa shape index (κ2) is 5.33. The Bertz CT molecular complexity index is 193. The van der Waals surface area contributed by atoms with E-state index in [-0.39, 0.29) is 0 Å². The molecule has 0 radical (unpaired) electrons. The quantitative estimate of drug-likeness (QED) is 0.537. The summed E-state index contributed by atoms with van der Waals surface area (Å²) in [6, 6.07) is 0. The number of hydrogen-bond donors (Lipinski definition) is 0. The van der Waals surface area contributed by atoms with Gasteiger partial charge in [-0.1, -0.05) is 26.0 Å². The van der Waals surface area contributed by atoms with Gasteiger partial charge in [-0.3, -0.25) is 4.79 Å². The van der Waals surface area contributed by atoms with Crippen molar-refractivity contribution in [1.82, 2.24) is 0 Å². The third kappa shape index (κ3) is 3.28. The molecule has 0 spiro atoms. The summed E-state index contributed by atoms with van der Waals surface area (Å²) in [7, 11) is 0. The second-order valence-corrected chi connectivity index (χ2v) is 4.71. The predicted molar refractivity (Wildman–Crippen MR) is 60.2 cm³/mol.